The molecule has 0 spiro atoms. The highest BCUT2D eigenvalue weighted by Crippen LogP contribution is 2.24. The first-order valence-electron chi connectivity index (χ1n) is 10.7. The van der Waals surface area contributed by atoms with E-state index >= 15 is 0 Å². The Morgan fingerprint density at radius 1 is 1.19 bits per heavy atom. The zero-order valence-corrected chi connectivity index (χ0v) is 18.1. The summed E-state index contributed by atoms with van der Waals surface area (Å²) in [6, 6.07) is 7.83. The van der Waals surface area contributed by atoms with Crippen molar-refractivity contribution in [2.24, 2.45) is 0 Å². The first kappa shape index (κ1) is 23.1. The fourth-order valence-electron chi connectivity index (χ4n) is 3.68. The van der Waals surface area contributed by atoms with E-state index in [0.717, 1.165) is 37.8 Å². The Labute approximate surface area is 186 Å². The van der Waals surface area contributed by atoms with Gasteiger partial charge in [0.1, 0.15) is 23.8 Å². The molecule has 1 aliphatic rings. The summed E-state index contributed by atoms with van der Waals surface area (Å²) in [4.78, 5) is 39.1. The number of ether oxygens (including phenoxy) is 1. The van der Waals surface area contributed by atoms with Crippen molar-refractivity contribution in [1.29, 1.82) is 0 Å². The maximum atomic E-state index is 12.8. The van der Waals surface area contributed by atoms with E-state index in [1.807, 2.05) is 0 Å². The second-order valence-corrected chi connectivity index (χ2v) is 7.76. The van der Waals surface area contributed by atoms with Gasteiger partial charge < -0.3 is 24.5 Å². The number of methoxy groups -OCH3 is 1. The minimum absolute atomic E-state index is 0.0440. The highest BCUT2D eigenvalue weighted by molar-refractivity contribution is 6.09. The van der Waals surface area contributed by atoms with Crippen molar-refractivity contribution in [2.75, 3.05) is 13.7 Å². The topological polar surface area (TPSA) is 109 Å². The van der Waals surface area contributed by atoms with Gasteiger partial charge in [0.05, 0.1) is 25.5 Å². The summed E-state index contributed by atoms with van der Waals surface area (Å²) in [5, 5.41) is 13.0. The molecule has 2 aromatic rings. The van der Waals surface area contributed by atoms with Crippen LogP contribution in [-0.2, 0) is 16.1 Å². The molecule has 0 atom stereocenters. The van der Waals surface area contributed by atoms with Crippen molar-refractivity contribution in [3.05, 3.63) is 60.1 Å². The number of benzene rings is 1. The van der Waals surface area contributed by atoms with Crippen LogP contribution in [0.1, 0.15) is 48.2 Å². The van der Waals surface area contributed by atoms with Gasteiger partial charge in [0, 0.05) is 18.2 Å². The second-order valence-electron chi connectivity index (χ2n) is 7.76. The molecule has 0 unspecified atom stereocenters. The van der Waals surface area contributed by atoms with Crippen LogP contribution in [0, 0.1) is 0 Å². The van der Waals surface area contributed by atoms with Gasteiger partial charge in [0.2, 0.25) is 11.8 Å². The smallest absolute Gasteiger partial charge is 0.247 e. The fraction of sp³-hybridized carbons (Fsp3) is 0.375. The summed E-state index contributed by atoms with van der Waals surface area (Å²) in [7, 11) is 1.45. The molecule has 1 aromatic carbocycles. The number of amides is 2. The van der Waals surface area contributed by atoms with Gasteiger partial charge in [0.15, 0.2) is 5.78 Å². The largest absolute Gasteiger partial charge is 0.507 e. The van der Waals surface area contributed by atoms with Gasteiger partial charge in [0.25, 0.3) is 0 Å². The van der Waals surface area contributed by atoms with Crippen molar-refractivity contribution in [1.82, 2.24) is 10.2 Å². The number of aromatic hydroxyl groups is 1. The number of phenols is 1. The van der Waals surface area contributed by atoms with E-state index in [1.54, 1.807) is 18.2 Å². The predicted molar refractivity (Wildman–Crippen MR) is 117 cm³/mol. The Bertz CT molecular complexity index is 961. The maximum Gasteiger partial charge on any atom is 0.247 e. The number of rotatable bonds is 9. The van der Waals surface area contributed by atoms with Gasteiger partial charge in [-0.2, -0.15) is 0 Å². The van der Waals surface area contributed by atoms with Crippen LogP contribution in [-0.4, -0.2) is 47.3 Å². The normalized spacial score (nSPS) is 14.3. The van der Waals surface area contributed by atoms with Gasteiger partial charge in [-0.15, -0.1) is 0 Å². The Kier molecular flexibility index (Phi) is 8.08. The molecule has 2 N–H and O–H groups in total. The van der Waals surface area contributed by atoms with Gasteiger partial charge in [-0.3, -0.25) is 14.4 Å². The molecule has 1 fully saturated rings. The third-order valence-corrected chi connectivity index (χ3v) is 5.39. The molecular formula is C24H28N2O6. The number of ketones is 1. The molecule has 8 heteroatoms. The number of nitrogens with one attached hydrogen (secondary N) is 1. The molecule has 1 aliphatic carbocycles. The van der Waals surface area contributed by atoms with Gasteiger partial charge >= 0.3 is 0 Å². The SMILES string of the molecule is COc1ccc(C(=O)C=CC(=O)N(CC(=O)NC2CCCCC2)Cc2ccco2)c(O)c1. The van der Waals surface area contributed by atoms with Crippen molar-refractivity contribution in [2.45, 2.75) is 44.7 Å². The summed E-state index contributed by atoms with van der Waals surface area (Å²) >= 11 is 0. The van der Waals surface area contributed by atoms with Crippen LogP contribution >= 0.6 is 0 Å². The monoisotopic (exact) mass is 440 g/mol. The third kappa shape index (κ3) is 6.47. The van der Waals surface area contributed by atoms with E-state index in [4.69, 9.17) is 9.15 Å². The van der Waals surface area contributed by atoms with Crippen LogP contribution in [0.15, 0.2) is 53.2 Å². The lowest BCUT2D eigenvalue weighted by atomic mass is 9.95. The van der Waals surface area contributed by atoms with E-state index < -0.39 is 11.7 Å². The molecule has 1 heterocycles. The maximum absolute atomic E-state index is 12.8. The molecule has 170 valence electrons. The standard InChI is InChI=1S/C24H28N2O6/c1-31-18-9-10-20(22(28)14-18)21(27)11-12-24(30)26(15-19-8-5-13-32-19)16-23(29)25-17-6-3-2-4-7-17/h5,8-14,17,28H,2-4,6-7,15-16H2,1H3,(H,25,29). The Hall–Kier alpha value is -3.55. The average Bonchev–Trinajstić information content (AvgIpc) is 3.30. The zero-order valence-electron chi connectivity index (χ0n) is 18.1. The fourth-order valence-corrected chi connectivity index (χ4v) is 3.68. The summed E-state index contributed by atoms with van der Waals surface area (Å²) in [6.45, 7) is -0.0570. The number of nitrogens with zero attached hydrogens (tertiary/aromatic N) is 1. The average molecular weight is 440 g/mol. The van der Waals surface area contributed by atoms with Gasteiger partial charge in [-0.25, -0.2) is 0 Å². The number of phenolic OH excluding ortho intramolecular Hbond substituents is 1. The van der Waals surface area contributed by atoms with E-state index in [2.05, 4.69) is 5.32 Å². The lowest BCUT2D eigenvalue weighted by Gasteiger charge is -2.25. The minimum Gasteiger partial charge on any atom is -0.507 e. The van der Waals surface area contributed by atoms with E-state index in [-0.39, 0.29) is 36.4 Å². The molecule has 0 saturated heterocycles. The highest BCUT2D eigenvalue weighted by atomic mass is 16.5. The number of hydrogen-bond donors (Lipinski definition) is 2. The first-order valence-corrected chi connectivity index (χ1v) is 10.7. The summed E-state index contributed by atoms with van der Waals surface area (Å²) < 4.78 is 10.3. The van der Waals surface area contributed by atoms with Crippen molar-refractivity contribution >= 4 is 17.6 Å². The Morgan fingerprint density at radius 2 is 1.97 bits per heavy atom. The predicted octanol–water partition coefficient (Wildman–Crippen LogP) is 3.21. The first-order chi connectivity index (χ1) is 15.5. The molecule has 32 heavy (non-hydrogen) atoms. The van der Waals surface area contributed by atoms with Crippen molar-refractivity contribution in [3.8, 4) is 11.5 Å². The van der Waals surface area contributed by atoms with Crippen molar-refractivity contribution in [3.63, 3.8) is 0 Å². The lowest BCUT2D eigenvalue weighted by Crippen LogP contribution is -2.44. The lowest BCUT2D eigenvalue weighted by molar-refractivity contribution is -0.133. The Morgan fingerprint density at radius 3 is 2.62 bits per heavy atom. The van der Waals surface area contributed by atoms with E-state index in [1.165, 1.54) is 36.8 Å². The number of carbonyl (C=O) groups excluding carboxylic acids is 3. The number of furan rings is 1. The van der Waals surface area contributed by atoms with Crippen LogP contribution in [0.5, 0.6) is 11.5 Å². The summed E-state index contributed by atoms with van der Waals surface area (Å²) in [5.74, 6) is -0.608. The molecule has 2 amide bonds. The summed E-state index contributed by atoms with van der Waals surface area (Å²) in [5.41, 5.74) is 0.0440. The van der Waals surface area contributed by atoms with Crippen molar-refractivity contribution < 1.29 is 28.6 Å². The highest BCUT2D eigenvalue weighted by Gasteiger charge is 2.21. The van der Waals surface area contributed by atoms with Crippen LogP contribution in [0.4, 0.5) is 0 Å². The molecule has 8 nitrogen and oxygen atoms in total. The molecule has 0 aliphatic heterocycles. The zero-order chi connectivity index (χ0) is 22.9. The second kappa shape index (κ2) is 11.2. The van der Waals surface area contributed by atoms with Crippen LogP contribution in [0.25, 0.3) is 0 Å². The molecular weight excluding hydrogens is 412 g/mol. The van der Waals surface area contributed by atoms with Crippen LogP contribution in [0.2, 0.25) is 0 Å². The molecule has 3 rings (SSSR count). The minimum atomic E-state index is -0.539. The molecule has 0 radical (unpaired) electrons. The molecule has 1 aromatic heterocycles. The van der Waals surface area contributed by atoms with E-state index in [9.17, 15) is 19.5 Å². The van der Waals surface area contributed by atoms with Gasteiger partial charge in [-0.1, -0.05) is 19.3 Å². The van der Waals surface area contributed by atoms with Crippen LogP contribution in [0.3, 0.4) is 0 Å². The number of carbonyl (C=O) groups is 3. The number of allylic oxidation sites excluding steroid dienone is 1. The molecule has 1 saturated carbocycles. The summed E-state index contributed by atoms with van der Waals surface area (Å²) in [6.07, 6.45) is 8.91. The third-order valence-electron chi connectivity index (χ3n) is 5.39. The van der Waals surface area contributed by atoms with E-state index in [0.29, 0.717) is 11.5 Å². The number of hydrogen-bond acceptors (Lipinski definition) is 6. The quantitative estimate of drug-likeness (QED) is 0.458. The van der Waals surface area contributed by atoms with Crippen LogP contribution < -0.4 is 10.1 Å². The Balaban J connectivity index is 1.67. The molecule has 0 bridgehead atoms. The van der Waals surface area contributed by atoms with Gasteiger partial charge in [-0.05, 0) is 43.2 Å².